The number of alkyl carbamates (subject to hydrolysis) is 2. The van der Waals surface area contributed by atoms with E-state index in [2.05, 4.69) is 33.4 Å². The largest absolute Gasteiger partial charge is 0.449 e. The molecule has 4 N–H and O–H groups in total. The molecule has 0 heterocycles. The highest BCUT2D eigenvalue weighted by Crippen LogP contribution is 2.44. The van der Waals surface area contributed by atoms with Crippen LogP contribution in [0, 0.1) is 0 Å². The van der Waals surface area contributed by atoms with Gasteiger partial charge < -0.3 is 30.7 Å². The Morgan fingerprint density at radius 2 is 1.33 bits per heavy atom. The number of carbonyl (C=O) groups is 4. The molecule has 0 fully saturated rings. The molecular weight excluding hydrogens is 656 g/mol. The number of ether oxygens (including phenoxy) is 2. The summed E-state index contributed by atoms with van der Waals surface area (Å²) in [5.74, 6) is -0.602. The predicted molar refractivity (Wildman–Crippen MR) is 202 cm³/mol. The van der Waals surface area contributed by atoms with Gasteiger partial charge in [0.15, 0.2) is 0 Å². The zero-order valence-corrected chi connectivity index (χ0v) is 30.1. The van der Waals surface area contributed by atoms with E-state index < -0.39 is 29.7 Å². The number of amides is 4. The SMILES string of the molecule is CC(C)(C)OC(=O)NCCCC[C@H](NC(=O)OCC1c2ccccc2-c2ccccc21)C(=O)Nc1ccc(CC(=O)NCCc2ccccc2)cc1. The van der Waals surface area contributed by atoms with E-state index in [0.29, 0.717) is 38.0 Å². The highest BCUT2D eigenvalue weighted by atomic mass is 16.6. The number of benzene rings is 4. The number of anilines is 1. The van der Waals surface area contributed by atoms with Crippen LogP contribution in [0.4, 0.5) is 15.3 Å². The van der Waals surface area contributed by atoms with Crippen LogP contribution in [0.25, 0.3) is 11.1 Å². The zero-order valence-electron chi connectivity index (χ0n) is 30.1. The molecule has 0 bridgehead atoms. The first-order chi connectivity index (χ1) is 25.1. The summed E-state index contributed by atoms with van der Waals surface area (Å²) in [7, 11) is 0. The lowest BCUT2D eigenvalue weighted by Gasteiger charge is -2.21. The number of rotatable bonds is 15. The molecule has 1 aliphatic carbocycles. The van der Waals surface area contributed by atoms with Crippen LogP contribution in [0.15, 0.2) is 103 Å². The topological polar surface area (TPSA) is 135 Å². The maximum atomic E-state index is 13.5. The maximum Gasteiger partial charge on any atom is 0.407 e. The molecule has 4 aromatic carbocycles. The lowest BCUT2D eigenvalue weighted by atomic mass is 9.98. The van der Waals surface area contributed by atoms with E-state index in [1.54, 1.807) is 45.0 Å². The fourth-order valence-corrected chi connectivity index (χ4v) is 6.20. The van der Waals surface area contributed by atoms with Gasteiger partial charge in [0.05, 0.1) is 6.42 Å². The average Bonchev–Trinajstić information content (AvgIpc) is 3.44. The van der Waals surface area contributed by atoms with Gasteiger partial charge in [-0.05, 0) is 92.0 Å². The molecule has 0 aliphatic heterocycles. The van der Waals surface area contributed by atoms with Gasteiger partial charge in [-0.15, -0.1) is 0 Å². The van der Waals surface area contributed by atoms with Crippen molar-refractivity contribution >= 4 is 29.7 Å². The summed E-state index contributed by atoms with van der Waals surface area (Å²) in [5.41, 5.74) is 6.33. The van der Waals surface area contributed by atoms with Crippen molar-refractivity contribution in [3.8, 4) is 11.1 Å². The monoisotopic (exact) mass is 704 g/mol. The van der Waals surface area contributed by atoms with Gasteiger partial charge in [0.25, 0.3) is 0 Å². The van der Waals surface area contributed by atoms with Gasteiger partial charge in [-0.25, -0.2) is 9.59 Å². The van der Waals surface area contributed by atoms with Crippen LogP contribution in [-0.4, -0.2) is 55.3 Å². The smallest absolute Gasteiger partial charge is 0.407 e. The second kappa shape index (κ2) is 18.0. The van der Waals surface area contributed by atoms with Crippen LogP contribution in [-0.2, 0) is 31.9 Å². The molecule has 272 valence electrons. The second-order valence-corrected chi connectivity index (χ2v) is 13.9. The van der Waals surface area contributed by atoms with E-state index in [9.17, 15) is 19.2 Å². The Kier molecular flexibility index (Phi) is 13.0. The van der Waals surface area contributed by atoms with Gasteiger partial charge in [0, 0.05) is 24.7 Å². The van der Waals surface area contributed by atoms with Crippen LogP contribution in [0.1, 0.15) is 68.2 Å². The van der Waals surface area contributed by atoms with Crippen molar-refractivity contribution in [1.29, 1.82) is 0 Å². The normalized spacial score (nSPS) is 12.5. The summed E-state index contributed by atoms with van der Waals surface area (Å²) in [4.78, 5) is 51.2. The van der Waals surface area contributed by atoms with E-state index in [1.807, 2.05) is 66.7 Å². The van der Waals surface area contributed by atoms with Crippen LogP contribution >= 0.6 is 0 Å². The van der Waals surface area contributed by atoms with E-state index in [4.69, 9.17) is 9.47 Å². The van der Waals surface area contributed by atoms with Crippen molar-refractivity contribution in [3.05, 3.63) is 125 Å². The Hall–Kier alpha value is -5.64. The molecule has 1 aliphatic rings. The standard InChI is InChI=1S/C42H48N4O6/c1-42(2,3)52-40(49)44-25-12-11-19-37(46-41(50)51-28-36-34-17-9-7-15-32(34)33-16-8-10-18-35(33)36)39(48)45-31-22-20-30(21-23-31)27-38(47)43-26-24-29-13-5-4-6-14-29/h4-10,13-18,20-23,36-37H,11-12,19,24-28H2,1-3H3,(H,43,47)(H,44,49)(H,45,48)(H,46,50)/t37-/m0/s1. The minimum absolute atomic E-state index is 0.0822. The number of unbranched alkanes of at least 4 members (excludes halogenated alkanes) is 1. The minimum atomic E-state index is -0.896. The van der Waals surface area contributed by atoms with Crippen LogP contribution < -0.4 is 21.3 Å². The van der Waals surface area contributed by atoms with E-state index in [1.165, 1.54) is 0 Å². The number of hydrogen-bond donors (Lipinski definition) is 4. The van der Waals surface area contributed by atoms with Crippen molar-refractivity contribution < 1.29 is 28.7 Å². The van der Waals surface area contributed by atoms with Gasteiger partial charge in [0.2, 0.25) is 11.8 Å². The van der Waals surface area contributed by atoms with Crippen molar-refractivity contribution in [2.45, 2.75) is 70.4 Å². The first kappa shape index (κ1) is 37.6. The van der Waals surface area contributed by atoms with Crippen molar-refractivity contribution in [2.75, 3.05) is 25.0 Å². The van der Waals surface area contributed by atoms with E-state index in [-0.39, 0.29) is 24.9 Å². The quantitative estimate of drug-likeness (QED) is 0.0974. The molecule has 0 saturated carbocycles. The van der Waals surface area contributed by atoms with Crippen molar-refractivity contribution in [3.63, 3.8) is 0 Å². The first-order valence-electron chi connectivity index (χ1n) is 17.8. The third-order valence-electron chi connectivity index (χ3n) is 8.70. The molecule has 10 heteroatoms. The Bertz CT molecular complexity index is 1770. The molecule has 1 atom stereocenters. The summed E-state index contributed by atoms with van der Waals surface area (Å²) in [6.07, 6.45) is 1.19. The van der Waals surface area contributed by atoms with Crippen molar-refractivity contribution in [2.24, 2.45) is 0 Å². The molecule has 10 nitrogen and oxygen atoms in total. The molecule has 0 radical (unpaired) electrons. The van der Waals surface area contributed by atoms with Gasteiger partial charge in [-0.2, -0.15) is 0 Å². The molecule has 4 amide bonds. The number of fused-ring (bicyclic) bond motifs is 3. The molecule has 0 aromatic heterocycles. The molecule has 0 spiro atoms. The molecular formula is C42H48N4O6. The fourth-order valence-electron chi connectivity index (χ4n) is 6.20. The Morgan fingerprint density at radius 3 is 1.98 bits per heavy atom. The summed E-state index contributed by atoms with van der Waals surface area (Å²) in [6.45, 7) is 6.41. The highest BCUT2D eigenvalue weighted by Gasteiger charge is 2.30. The number of carbonyl (C=O) groups excluding carboxylic acids is 4. The summed E-state index contributed by atoms with van der Waals surface area (Å²) in [6, 6.07) is 32.3. The van der Waals surface area contributed by atoms with E-state index >= 15 is 0 Å². The van der Waals surface area contributed by atoms with Gasteiger partial charge in [-0.3, -0.25) is 9.59 Å². The Labute approximate surface area is 305 Å². The van der Waals surface area contributed by atoms with Crippen LogP contribution in [0.5, 0.6) is 0 Å². The fraction of sp³-hybridized carbons (Fsp3) is 0.333. The Morgan fingerprint density at radius 1 is 0.692 bits per heavy atom. The minimum Gasteiger partial charge on any atom is -0.449 e. The Balaban J connectivity index is 1.15. The lowest BCUT2D eigenvalue weighted by molar-refractivity contribution is -0.120. The third kappa shape index (κ3) is 11.2. The molecule has 0 unspecified atom stereocenters. The number of nitrogens with one attached hydrogen (secondary N) is 4. The zero-order chi connectivity index (χ0) is 36.9. The first-order valence-corrected chi connectivity index (χ1v) is 17.8. The molecule has 5 rings (SSSR count). The van der Waals surface area contributed by atoms with Gasteiger partial charge >= 0.3 is 12.2 Å². The van der Waals surface area contributed by atoms with Crippen LogP contribution in [0.2, 0.25) is 0 Å². The summed E-state index contributed by atoms with van der Waals surface area (Å²) < 4.78 is 11.0. The van der Waals surface area contributed by atoms with Crippen LogP contribution in [0.3, 0.4) is 0 Å². The lowest BCUT2D eigenvalue weighted by Crippen LogP contribution is -2.44. The van der Waals surface area contributed by atoms with Gasteiger partial charge in [-0.1, -0.05) is 91.0 Å². The summed E-state index contributed by atoms with van der Waals surface area (Å²) in [5, 5.41) is 11.3. The van der Waals surface area contributed by atoms with Gasteiger partial charge in [0.1, 0.15) is 18.2 Å². The number of hydrogen-bond acceptors (Lipinski definition) is 6. The average molecular weight is 705 g/mol. The van der Waals surface area contributed by atoms with Crippen molar-refractivity contribution in [1.82, 2.24) is 16.0 Å². The maximum absolute atomic E-state index is 13.5. The molecule has 0 saturated heterocycles. The predicted octanol–water partition coefficient (Wildman–Crippen LogP) is 7.13. The third-order valence-corrected chi connectivity index (χ3v) is 8.70. The molecule has 52 heavy (non-hydrogen) atoms. The highest BCUT2D eigenvalue weighted by molar-refractivity contribution is 5.96. The van der Waals surface area contributed by atoms with E-state index in [0.717, 1.165) is 39.8 Å². The molecule has 4 aromatic rings. The second-order valence-electron chi connectivity index (χ2n) is 13.9. The summed E-state index contributed by atoms with van der Waals surface area (Å²) >= 11 is 0.